The number of aromatic nitrogens is 2. The highest BCUT2D eigenvalue weighted by Crippen LogP contribution is 2.29. The first kappa shape index (κ1) is 18.8. The highest BCUT2D eigenvalue weighted by molar-refractivity contribution is 5.90. The SMILES string of the molecule is COc1ccc(F)cc1-c1cc(NC(=O)CCN2CCCCC2=O)ncn1. The summed E-state index contributed by atoms with van der Waals surface area (Å²) in [5.41, 5.74) is 0.900. The van der Waals surface area contributed by atoms with Crippen molar-refractivity contribution < 1.29 is 18.7 Å². The molecule has 3 rings (SSSR count). The fourth-order valence-electron chi connectivity index (χ4n) is 2.99. The number of hydrogen-bond acceptors (Lipinski definition) is 5. The molecular formula is C19H21FN4O3. The molecule has 2 aromatic rings. The standard InChI is InChI=1S/C19H21FN4O3/c1-27-16-6-5-13(20)10-14(16)15-11-17(22-12-21-15)23-18(25)7-9-24-8-3-2-4-19(24)26/h5-6,10-12H,2-4,7-9H2,1H3,(H,21,22,23,25). The molecular weight excluding hydrogens is 351 g/mol. The van der Waals surface area contributed by atoms with Crippen LogP contribution in [0, 0.1) is 5.82 Å². The van der Waals surface area contributed by atoms with Crippen molar-refractivity contribution in [2.75, 3.05) is 25.5 Å². The molecule has 1 N–H and O–H groups in total. The molecule has 0 spiro atoms. The Morgan fingerprint density at radius 3 is 2.93 bits per heavy atom. The summed E-state index contributed by atoms with van der Waals surface area (Å²) in [5, 5.41) is 2.70. The zero-order valence-corrected chi connectivity index (χ0v) is 15.1. The van der Waals surface area contributed by atoms with Crippen molar-refractivity contribution in [2.24, 2.45) is 0 Å². The summed E-state index contributed by atoms with van der Waals surface area (Å²) in [6.07, 6.45) is 3.91. The highest BCUT2D eigenvalue weighted by atomic mass is 19.1. The van der Waals surface area contributed by atoms with Crippen molar-refractivity contribution >= 4 is 17.6 Å². The van der Waals surface area contributed by atoms with Crippen molar-refractivity contribution in [3.8, 4) is 17.0 Å². The van der Waals surface area contributed by atoms with Gasteiger partial charge < -0.3 is 15.0 Å². The van der Waals surface area contributed by atoms with Crippen molar-refractivity contribution in [3.63, 3.8) is 0 Å². The number of likely N-dealkylation sites (tertiary alicyclic amines) is 1. The summed E-state index contributed by atoms with van der Waals surface area (Å²) in [6.45, 7) is 1.09. The van der Waals surface area contributed by atoms with Crippen LogP contribution < -0.4 is 10.1 Å². The van der Waals surface area contributed by atoms with Gasteiger partial charge in [0.1, 0.15) is 23.7 Å². The van der Waals surface area contributed by atoms with Gasteiger partial charge >= 0.3 is 0 Å². The first-order valence-corrected chi connectivity index (χ1v) is 8.80. The van der Waals surface area contributed by atoms with E-state index in [9.17, 15) is 14.0 Å². The van der Waals surface area contributed by atoms with E-state index in [1.165, 1.54) is 31.6 Å². The molecule has 0 bridgehead atoms. The number of nitrogens with zero attached hydrogens (tertiary/aromatic N) is 3. The fraction of sp³-hybridized carbons (Fsp3) is 0.368. The number of carbonyl (C=O) groups is 2. The number of ether oxygens (including phenoxy) is 1. The maximum atomic E-state index is 13.6. The van der Waals surface area contributed by atoms with Gasteiger partial charge in [-0.25, -0.2) is 14.4 Å². The van der Waals surface area contributed by atoms with Crippen LogP contribution in [-0.2, 0) is 9.59 Å². The number of anilines is 1. The van der Waals surface area contributed by atoms with Gasteiger partial charge in [0.25, 0.3) is 0 Å². The normalized spacial score (nSPS) is 14.1. The van der Waals surface area contributed by atoms with Gasteiger partial charge in [-0.1, -0.05) is 0 Å². The molecule has 1 fully saturated rings. The first-order chi connectivity index (χ1) is 13.1. The van der Waals surface area contributed by atoms with Crippen LogP contribution in [0.1, 0.15) is 25.7 Å². The summed E-state index contributed by atoms with van der Waals surface area (Å²) < 4.78 is 18.8. The lowest BCUT2D eigenvalue weighted by atomic mass is 10.1. The summed E-state index contributed by atoms with van der Waals surface area (Å²) in [6, 6.07) is 5.69. The molecule has 0 unspecified atom stereocenters. The van der Waals surface area contributed by atoms with Gasteiger partial charge in [-0.3, -0.25) is 9.59 Å². The van der Waals surface area contributed by atoms with Gasteiger partial charge in [-0.05, 0) is 31.0 Å². The molecule has 8 heteroatoms. The number of halogens is 1. The molecule has 0 radical (unpaired) electrons. The van der Waals surface area contributed by atoms with Crippen molar-refractivity contribution in [1.82, 2.24) is 14.9 Å². The number of benzene rings is 1. The van der Waals surface area contributed by atoms with Crippen molar-refractivity contribution in [1.29, 1.82) is 0 Å². The molecule has 142 valence electrons. The average molecular weight is 372 g/mol. The van der Waals surface area contributed by atoms with E-state index in [-0.39, 0.29) is 18.2 Å². The van der Waals surface area contributed by atoms with Crippen LogP contribution in [0.25, 0.3) is 11.3 Å². The molecule has 1 aromatic carbocycles. The monoisotopic (exact) mass is 372 g/mol. The van der Waals surface area contributed by atoms with E-state index in [0.717, 1.165) is 12.8 Å². The number of hydrogen-bond donors (Lipinski definition) is 1. The Kier molecular flexibility index (Phi) is 5.95. The molecule has 1 saturated heterocycles. The highest BCUT2D eigenvalue weighted by Gasteiger charge is 2.18. The molecule has 27 heavy (non-hydrogen) atoms. The minimum atomic E-state index is -0.416. The Bertz CT molecular complexity index is 843. The van der Waals surface area contributed by atoms with E-state index in [1.807, 2.05) is 0 Å². The van der Waals surface area contributed by atoms with Crippen LogP contribution in [0.5, 0.6) is 5.75 Å². The zero-order chi connectivity index (χ0) is 19.2. The molecule has 2 heterocycles. The van der Waals surface area contributed by atoms with Gasteiger partial charge in [-0.2, -0.15) is 0 Å². The second-order valence-electron chi connectivity index (χ2n) is 6.27. The third-order valence-corrected chi connectivity index (χ3v) is 4.40. The Hall–Kier alpha value is -3.03. The van der Waals surface area contributed by atoms with Crippen LogP contribution >= 0.6 is 0 Å². The predicted molar refractivity (Wildman–Crippen MR) is 97.7 cm³/mol. The number of carbonyl (C=O) groups excluding carboxylic acids is 2. The quantitative estimate of drug-likeness (QED) is 0.843. The lowest BCUT2D eigenvalue weighted by Gasteiger charge is -2.26. The maximum Gasteiger partial charge on any atom is 0.227 e. The van der Waals surface area contributed by atoms with E-state index in [1.54, 1.807) is 11.0 Å². The average Bonchev–Trinajstić information content (AvgIpc) is 2.67. The number of methoxy groups -OCH3 is 1. The molecule has 1 aliphatic heterocycles. The van der Waals surface area contributed by atoms with Crippen LogP contribution in [0.15, 0.2) is 30.6 Å². The largest absolute Gasteiger partial charge is 0.496 e. The lowest BCUT2D eigenvalue weighted by molar-refractivity contribution is -0.133. The molecule has 0 saturated carbocycles. The summed E-state index contributed by atoms with van der Waals surface area (Å²) in [4.78, 5) is 33.9. The van der Waals surface area contributed by atoms with Crippen LogP contribution in [0.4, 0.5) is 10.2 Å². The topological polar surface area (TPSA) is 84.4 Å². The van der Waals surface area contributed by atoms with E-state index >= 15 is 0 Å². The van der Waals surface area contributed by atoms with Gasteiger partial charge in [0.05, 0.1) is 12.8 Å². The minimum Gasteiger partial charge on any atom is -0.496 e. The summed E-state index contributed by atoms with van der Waals surface area (Å²) in [5.74, 6) is 0.208. The third-order valence-electron chi connectivity index (χ3n) is 4.40. The fourth-order valence-corrected chi connectivity index (χ4v) is 2.99. The molecule has 2 amide bonds. The van der Waals surface area contributed by atoms with Crippen LogP contribution in [0.2, 0.25) is 0 Å². The Balaban J connectivity index is 1.66. The minimum absolute atomic E-state index is 0.0940. The summed E-state index contributed by atoms with van der Waals surface area (Å²) in [7, 11) is 1.49. The lowest BCUT2D eigenvalue weighted by Crippen LogP contribution is -2.37. The van der Waals surface area contributed by atoms with Crippen LogP contribution in [-0.4, -0.2) is 46.9 Å². The van der Waals surface area contributed by atoms with Gasteiger partial charge in [0.2, 0.25) is 11.8 Å². The van der Waals surface area contributed by atoms with Crippen molar-refractivity contribution in [2.45, 2.75) is 25.7 Å². The van der Waals surface area contributed by atoms with E-state index in [0.29, 0.717) is 42.3 Å². The number of rotatable bonds is 6. The number of piperidine rings is 1. The second-order valence-corrected chi connectivity index (χ2v) is 6.27. The predicted octanol–water partition coefficient (Wildman–Crippen LogP) is 2.63. The smallest absolute Gasteiger partial charge is 0.227 e. The second kappa shape index (κ2) is 8.57. The molecule has 0 aliphatic carbocycles. The molecule has 1 aliphatic rings. The van der Waals surface area contributed by atoms with Gasteiger partial charge in [0, 0.05) is 37.6 Å². The van der Waals surface area contributed by atoms with Crippen molar-refractivity contribution in [3.05, 3.63) is 36.4 Å². The van der Waals surface area contributed by atoms with Gasteiger partial charge in [-0.15, -0.1) is 0 Å². The number of nitrogens with one attached hydrogen (secondary N) is 1. The third kappa shape index (κ3) is 4.78. The Morgan fingerprint density at radius 2 is 2.15 bits per heavy atom. The molecule has 1 aromatic heterocycles. The first-order valence-electron chi connectivity index (χ1n) is 8.80. The van der Waals surface area contributed by atoms with E-state index in [4.69, 9.17) is 4.74 Å². The van der Waals surface area contributed by atoms with Crippen LogP contribution in [0.3, 0.4) is 0 Å². The van der Waals surface area contributed by atoms with Gasteiger partial charge in [0.15, 0.2) is 0 Å². The molecule has 7 nitrogen and oxygen atoms in total. The zero-order valence-electron chi connectivity index (χ0n) is 15.1. The summed E-state index contributed by atoms with van der Waals surface area (Å²) >= 11 is 0. The Morgan fingerprint density at radius 1 is 1.30 bits per heavy atom. The Labute approximate surface area is 156 Å². The maximum absolute atomic E-state index is 13.6. The molecule has 0 atom stereocenters. The number of amides is 2. The van der Waals surface area contributed by atoms with E-state index < -0.39 is 5.82 Å². The van der Waals surface area contributed by atoms with E-state index in [2.05, 4.69) is 15.3 Å².